The van der Waals surface area contributed by atoms with Crippen LogP contribution in [0.1, 0.15) is 25.3 Å². The molecule has 5 nitrogen and oxygen atoms in total. The molecule has 2 atom stereocenters. The molecule has 1 aliphatic heterocycles. The van der Waals surface area contributed by atoms with E-state index >= 15 is 0 Å². The van der Waals surface area contributed by atoms with Crippen molar-refractivity contribution < 1.29 is 4.52 Å². The Morgan fingerprint density at radius 2 is 1.86 bits per heavy atom. The maximum Gasteiger partial charge on any atom is 0.241 e. The lowest BCUT2D eigenvalue weighted by molar-refractivity contribution is 0.149. The summed E-state index contributed by atoms with van der Waals surface area (Å²) in [5, 5.41) is 7.61. The number of nitrogens with one attached hydrogen (secondary N) is 1. The van der Waals surface area contributed by atoms with Gasteiger partial charge in [0, 0.05) is 30.7 Å². The molecule has 2 unspecified atom stereocenters. The number of aromatic nitrogens is 2. The van der Waals surface area contributed by atoms with Gasteiger partial charge in [-0.3, -0.25) is 4.90 Å². The van der Waals surface area contributed by atoms with Crippen molar-refractivity contribution in [3.05, 3.63) is 35.7 Å². The molecule has 1 aromatic heterocycles. The van der Waals surface area contributed by atoms with Crippen molar-refractivity contribution >= 4 is 0 Å². The van der Waals surface area contributed by atoms with E-state index in [4.69, 9.17) is 4.52 Å². The van der Waals surface area contributed by atoms with E-state index in [0.717, 1.165) is 25.2 Å². The Hall–Kier alpha value is -1.72. The van der Waals surface area contributed by atoms with Gasteiger partial charge < -0.3 is 9.84 Å². The third-order valence-corrected chi connectivity index (χ3v) is 3.77. The molecule has 2 heterocycles. The zero-order valence-electron chi connectivity index (χ0n) is 12.8. The van der Waals surface area contributed by atoms with E-state index in [9.17, 15) is 0 Å². The summed E-state index contributed by atoms with van der Waals surface area (Å²) in [6.07, 6.45) is 0. The molecule has 0 aliphatic carbocycles. The van der Waals surface area contributed by atoms with Crippen LogP contribution >= 0.6 is 0 Å². The first-order valence-corrected chi connectivity index (χ1v) is 7.48. The van der Waals surface area contributed by atoms with Gasteiger partial charge >= 0.3 is 0 Å². The van der Waals surface area contributed by atoms with Gasteiger partial charge in [0.2, 0.25) is 11.7 Å². The molecule has 1 aliphatic rings. The number of hydrogen-bond donors (Lipinski definition) is 1. The molecule has 5 heteroatoms. The van der Waals surface area contributed by atoms with Gasteiger partial charge in [0.15, 0.2) is 0 Å². The smallest absolute Gasteiger partial charge is 0.241 e. The maximum absolute atomic E-state index is 5.40. The molecule has 2 aromatic rings. The second-order valence-electron chi connectivity index (χ2n) is 6.04. The molecule has 0 spiro atoms. The Bertz CT molecular complexity index is 583. The fraction of sp³-hybridized carbons (Fsp3) is 0.500. The van der Waals surface area contributed by atoms with E-state index in [-0.39, 0.29) is 0 Å². The summed E-state index contributed by atoms with van der Waals surface area (Å²) in [5.74, 6) is 1.35. The van der Waals surface area contributed by atoms with Crippen LogP contribution in [-0.4, -0.2) is 40.2 Å². The fourth-order valence-electron chi connectivity index (χ4n) is 2.90. The standard InChI is InChI=1S/C16H22N4O/c1-11-4-6-14(7-5-11)16-18-15(21-19-16)10-20-8-12(2)17-13(3)9-20/h4-7,12-13,17H,8-10H2,1-3H3. The molecule has 0 amide bonds. The molecule has 0 saturated carbocycles. The highest BCUT2D eigenvalue weighted by molar-refractivity contribution is 5.54. The lowest BCUT2D eigenvalue weighted by Gasteiger charge is -2.35. The first kappa shape index (κ1) is 14.2. The number of benzene rings is 1. The highest BCUT2D eigenvalue weighted by Crippen LogP contribution is 2.17. The van der Waals surface area contributed by atoms with E-state index in [2.05, 4.69) is 53.3 Å². The number of rotatable bonds is 3. The van der Waals surface area contributed by atoms with Crippen molar-refractivity contribution in [2.24, 2.45) is 0 Å². The third-order valence-electron chi connectivity index (χ3n) is 3.77. The minimum atomic E-state index is 0.494. The minimum Gasteiger partial charge on any atom is -0.338 e. The molecule has 1 N–H and O–H groups in total. The molecule has 112 valence electrons. The van der Waals surface area contributed by atoms with Crippen LogP contribution in [0.25, 0.3) is 11.4 Å². The van der Waals surface area contributed by atoms with E-state index in [1.807, 2.05) is 12.1 Å². The van der Waals surface area contributed by atoms with Crippen LogP contribution in [0.2, 0.25) is 0 Å². The minimum absolute atomic E-state index is 0.494. The first-order valence-electron chi connectivity index (χ1n) is 7.48. The summed E-state index contributed by atoms with van der Waals surface area (Å²) >= 11 is 0. The van der Waals surface area contributed by atoms with Crippen molar-refractivity contribution in [1.82, 2.24) is 20.4 Å². The van der Waals surface area contributed by atoms with Crippen LogP contribution in [0.3, 0.4) is 0 Å². The van der Waals surface area contributed by atoms with Gasteiger partial charge in [-0.1, -0.05) is 35.0 Å². The second-order valence-corrected chi connectivity index (χ2v) is 6.04. The Morgan fingerprint density at radius 1 is 1.19 bits per heavy atom. The number of aryl methyl sites for hydroxylation is 1. The molecular formula is C16H22N4O. The zero-order chi connectivity index (χ0) is 14.8. The van der Waals surface area contributed by atoms with Crippen LogP contribution in [-0.2, 0) is 6.54 Å². The average molecular weight is 286 g/mol. The molecule has 0 radical (unpaired) electrons. The van der Waals surface area contributed by atoms with E-state index < -0.39 is 0 Å². The molecule has 1 aromatic carbocycles. The summed E-state index contributed by atoms with van der Waals surface area (Å²) in [6.45, 7) is 9.20. The first-order chi connectivity index (χ1) is 10.1. The van der Waals surface area contributed by atoms with E-state index in [1.54, 1.807) is 0 Å². The van der Waals surface area contributed by atoms with E-state index in [0.29, 0.717) is 23.8 Å². The third kappa shape index (κ3) is 3.49. The molecule has 1 saturated heterocycles. The number of hydrogen-bond acceptors (Lipinski definition) is 5. The molecular weight excluding hydrogens is 264 g/mol. The van der Waals surface area contributed by atoms with Gasteiger partial charge in [-0.2, -0.15) is 4.98 Å². The largest absolute Gasteiger partial charge is 0.338 e. The quantitative estimate of drug-likeness (QED) is 0.937. The summed E-state index contributed by atoms with van der Waals surface area (Å²) < 4.78 is 5.40. The number of nitrogens with zero attached hydrogens (tertiary/aromatic N) is 3. The Labute approximate surface area is 125 Å². The van der Waals surface area contributed by atoms with Crippen LogP contribution in [0.4, 0.5) is 0 Å². The Kier molecular flexibility index (Phi) is 4.03. The summed E-state index contributed by atoms with van der Waals surface area (Å²) in [6, 6.07) is 9.16. The monoisotopic (exact) mass is 286 g/mol. The van der Waals surface area contributed by atoms with Crippen molar-refractivity contribution in [3.8, 4) is 11.4 Å². The van der Waals surface area contributed by atoms with Crippen LogP contribution in [0.5, 0.6) is 0 Å². The van der Waals surface area contributed by atoms with Gasteiger partial charge in [-0.25, -0.2) is 0 Å². The lowest BCUT2D eigenvalue weighted by atomic mass is 10.1. The van der Waals surface area contributed by atoms with Crippen molar-refractivity contribution in [3.63, 3.8) is 0 Å². The summed E-state index contributed by atoms with van der Waals surface area (Å²) in [7, 11) is 0. The van der Waals surface area contributed by atoms with Crippen LogP contribution < -0.4 is 5.32 Å². The van der Waals surface area contributed by atoms with E-state index in [1.165, 1.54) is 5.56 Å². The van der Waals surface area contributed by atoms with Gasteiger partial charge in [0.1, 0.15) is 0 Å². The summed E-state index contributed by atoms with van der Waals surface area (Å²) in [5.41, 5.74) is 2.23. The molecule has 21 heavy (non-hydrogen) atoms. The zero-order valence-corrected chi connectivity index (χ0v) is 12.8. The normalized spacial score (nSPS) is 23.4. The highest BCUT2D eigenvalue weighted by atomic mass is 16.5. The number of piperazine rings is 1. The SMILES string of the molecule is Cc1ccc(-c2noc(CN3CC(C)NC(C)C3)n2)cc1. The highest BCUT2D eigenvalue weighted by Gasteiger charge is 2.22. The Morgan fingerprint density at radius 3 is 2.52 bits per heavy atom. The predicted molar refractivity (Wildman–Crippen MR) is 81.8 cm³/mol. The molecule has 3 rings (SSSR count). The van der Waals surface area contributed by atoms with Gasteiger partial charge in [0.25, 0.3) is 0 Å². The maximum atomic E-state index is 5.40. The summed E-state index contributed by atoms with van der Waals surface area (Å²) in [4.78, 5) is 6.87. The Balaban J connectivity index is 1.69. The molecule has 1 fully saturated rings. The fourth-order valence-corrected chi connectivity index (χ4v) is 2.90. The van der Waals surface area contributed by atoms with Gasteiger partial charge in [0.05, 0.1) is 6.54 Å². The average Bonchev–Trinajstić information content (AvgIpc) is 2.87. The van der Waals surface area contributed by atoms with Gasteiger partial charge in [-0.05, 0) is 20.8 Å². The predicted octanol–water partition coefficient (Wildman–Crippen LogP) is 2.23. The van der Waals surface area contributed by atoms with Gasteiger partial charge in [-0.15, -0.1) is 0 Å². The van der Waals surface area contributed by atoms with Crippen LogP contribution in [0, 0.1) is 6.92 Å². The van der Waals surface area contributed by atoms with Crippen molar-refractivity contribution in [2.75, 3.05) is 13.1 Å². The molecule has 0 bridgehead atoms. The second kappa shape index (κ2) is 5.95. The van der Waals surface area contributed by atoms with Crippen molar-refractivity contribution in [1.29, 1.82) is 0 Å². The van der Waals surface area contributed by atoms with Crippen molar-refractivity contribution in [2.45, 2.75) is 39.4 Å². The topological polar surface area (TPSA) is 54.2 Å². The van der Waals surface area contributed by atoms with Crippen LogP contribution in [0.15, 0.2) is 28.8 Å². The lowest BCUT2D eigenvalue weighted by Crippen LogP contribution is -2.53.